The molecular weight excluding hydrogens is 444 g/mol. The lowest BCUT2D eigenvalue weighted by atomic mass is 10.2. The summed E-state index contributed by atoms with van der Waals surface area (Å²) in [5.41, 5.74) is 1.41. The molecule has 2 aromatic carbocycles. The van der Waals surface area contributed by atoms with Crippen LogP contribution in [0.25, 0.3) is 11.4 Å². The monoisotopic (exact) mass is 466 g/mol. The predicted molar refractivity (Wildman–Crippen MR) is 126 cm³/mol. The van der Waals surface area contributed by atoms with Crippen molar-refractivity contribution in [3.8, 4) is 28.6 Å². The van der Waals surface area contributed by atoms with Crippen LogP contribution in [0.2, 0.25) is 0 Å². The van der Waals surface area contributed by atoms with E-state index in [0.717, 1.165) is 0 Å². The average Bonchev–Trinajstić information content (AvgIpc) is 3.22. The molecule has 0 spiro atoms. The molecule has 10 heteroatoms. The van der Waals surface area contributed by atoms with Crippen molar-refractivity contribution in [2.24, 2.45) is 5.10 Å². The van der Waals surface area contributed by atoms with Gasteiger partial charge in [0, 0.05) is 25.0 Å². The van der Waals surface area contributed by atoms with Gasteiger partial charge >= 0.3 is 0 Å². The van der Waals surface area contributed by atoms with Crippen LogP contribution in [-0.2, 0) is 4.79 Å². The number of nitrogens with zero attached hydrogens (tertiary/aromatic N) is 4. The van der Waals surface area contributed by atoms with Crippen molar-refractivity contribution in [2.45, 2.75) is 18.9 Å². The van der Waals surface area contributed by atoms with E-state index in [4.69, 9.17) is 14.2 Å². The number of benzene rings is 2. The molecule has 1 amide bonds. The number of rotatable bonds is 5. The second kappa shape index (κ2) is 8.99. The Kier molecular flexibility index (Phi) is 6.10. The van der Waals surface area contributed by atoms with Crippen molar-refractivity contribution < 1.29 is 23.8 Å². The number of thioether (sulfide) groups is 1. The zero-order valence-corrected chi connectivity index (χ0v) is 19.6. The zero-order chi connectivity index (χ0) is 23.7. The Hall–Kier alpha value is -3.79. The summed E-state index contributed by atoms with van der Waals surface area (Å²) in [6, 6.07) is 12.5. The van der Waals surface area contributed by atoms with E-state index >= 15 is 0 Å². The molecule has 1 aromatic heterocycles. The molecule has 3 aromatic rings. The van der Waals surface area contributed by atoms with Crippen LogP contribution in [-0.4, -0.2) is 47.7 Å². The number of amides is 1. The van der Waals surface area contributed by atoms with Crippen LogP contribution in [0.1, 0.15) is 24.2 Å². The SMILES string of the molecule is COc1ccc(-c2nc3c(n2C(C)=O)SC(c2ccc(OC)c(OC)c2)=NN3C(C)=O)cc1. The summed E-state index contributed by atoms with van der Waals surface area (Å²) in [7, 11) is 4.68. The summed E-state index contributed by atoms with van der Waals surface area (Å²) in [6.45, 7) is 2.85. The van der Waals surface area contributed by atoms with E-state index < -0.39 is 0 Å². The fourth-order valence-corrected chi connectivity index (χ4v) is 4.49. The minimum Gasteiger partial charge on any atom is -0.497 e. The molecule has 1 aliphatic rings. The van der Waals surface area contributed by atoms with Gasteiger partial charge in [-0.15, -0.1) is 0 Å². The number of methoxy groups -OCH3 is 3. The van der Waals surface area contributed by atoms with Crippen LogP contribution in [0, 0.1) is 0 Å². The first-order valence-corrected chi connectivity index (χ1v) is 10.8. The summed E-state index contributed by atoms with van der Waals surface area (Å²) in [4.78, 5) is 29.8. The van der Waals surface area contributed by atoms with E-state index in [1.54, 1.807) is 45.6 Å². The molecule has 0 saturated carbocycles. The van der Waals surface area contributed by atoms with Crippen molar-refractivity contribution in [2.75, 3.05) is 26.3 Å². The average molecular weight is 467 g/mol. The van der Waals surface area contributed by atoms with Crippen molar-refractivity contribution in [1.82, 2.24) is 9.55 Å². The molecule has 2 heterocycles. The topological polar surface area (TPSA) is 95.2 Å². The third-order valence-electron chi connectivity index (χ3n) is 4.99. The van der Waals surface area contributed by atoms with Crippen molar-refractivity contribution in [1.29, 1.82) is 0 Å². The number of ether oxygens (including phenoxy) is 3. The van der Waals surface area contributed by atoms with Gasteiger partial charge in [-0.3, -0.25) is 14.2 Å². The lowest BCUT2D eigenvalue weighted by Crippen LogP contribution is -2.28. The molecule has 33 heavy (non-hydrogen) atoms. The van der Waals surface area contributed by atoms with Gasteiger partial charge in [-0.05, 0) is 54.2 Å². The number of hydrogen-bond acceptors (Lipinski definition) is 8. The van der Waals surface area contributed by atoms with E-state index in [1.165, 1.54) is 35.2 Å². The molecule has 170 valence electrons. The van der Waals surface area contributed by atoms with Crippen molar-refractivity contribution in [3.05, 3.63) is 48.0 Å². The molecule has 0 bridgehead atoms. The van der Waals surface area contributed by atoms with Gasteiger partial charge in [-0.1, -0.05) is 0 Å². The van der Waals surface area contributed by atoms with Crippen LogP contribution in [0.3, 0.4) is 0 Å². The first-order valence-electron chi connectivity index (χ1n) is 9.95. The molecule has 0 radical (unpaired) electrons. The van der Waals surface area contributed by atoms with E-state index in [9.17, 15) is 9.59 Å². The minimum atomic E-state index is -0.330. The van der Waals surface area contributed by atoms with Crippen LogP contribution in [0.5, 0.6) is 17.2 Å². The third kappa shape index (κ3) is 4.05. The molecule has 0 aliphatic carbocycles. The molecule has 0 saturated heterocycles. The molecule has 1 aliphatic heterocycles. The summed E-state index contributed by atoms with van der Waals surface area (Å²) in [6.07, 6.45) is 0. The maximum atomic E-state index is 12.7. The number of hydrazone groups is 1. The Balaban J connectivity index is 1.85. The molecule has 0 unspecified atom stereocenters. The predicted octanol–water partition coefficient (Wildman–Crippen LogP) is 4.06. The van der Waals surface area contributed by atoms with Crippen molar-refractivity contribution in [3.63, 3.8) is 0 Å². The minimum absolute atomic E-state index is 0.237. The first kappa shape index (κ1) is 22.4. The maximum Gasteiger partial charge on any atom is 0.245 e. The van der Waals surface area contributed by atoms with Crippen LogP contribution < -0.4 is 19.2 Å². The molecule has 4 rings (SSSR count). The van der Waals surface area contributed by atoms with Gasteiger partial charge in [0.15, 0.2) is 17.3 Å². The van der Waals surface area contributed by atoms with Gasteiger partial charge in [0.2, 0.25) is 11.8 Å². The Morgan fingerprint density at radius 1 is 0.848 bits per heavy atom. The van der Waals surface area contributed by atoms with Gasteiger partial charge in [0.25, 0.3) is 0 Å². The number of carbonyl (C=O) groups is 2. The van der Waals surface area contributed by atoms with Gasteiger partial charge in [-0.2, -0.15) is 10.1 Å². The largest absolute Gasteiger partial charge is 0.497 e. The third-order valence-corrected chi connectivity index (χ3v) is 6.06. The number of fused-ring (bicyclic) bond motifs is 1. The van der Waals surface area contributed by atoms with E-state index in [1.807, 2.05) is 18.2 Å². The van der Waals surface area contributed by atoms with Crippen LogP contribution in [0.4, 0.5) is 5.82 Å². The summed E-state index contributed by atoms with van der Waals surface area (Å²) in [5, 5.41) is 6.75. The van der Waals surface area contributed by atoms with Gasteiger partial charge in [0.1, 0.15) is 21.6 Å². The number of carbonyl (C=O) groups excluding carboxylic acids is 2. The fraction of sp³-hybridized carbons (Fsp3) is 0.217. The normalized spacial score (nSPS) is 12.6. The molecule has 0 fully saturated rings. The molecular formula is C23H22N4O5S. The molecule has 0 N–H and O–H groups in total. The summed E-state index contributed by atoms with van der Waals surface area (Å²) < 4.78 is 17.4. The first-order chi connectivity index (χ1) is 15.9. The Bertz CT molecular complexity index is 1270. The van der Waals surface area contributed by atoms with Gasteiger partial charge < -0.3 is 14.2 Å². The summed E-state index contributed by atoms with van der Waals surface area (Å²) >= 11 is 1.26. The standard InChI is InChI=1S/C23H22N4O5S/c1-13(28)26-20(15-6-9-17(30-3)10-7-15)24-21-23(26)33-22(25-27(21)14(2)29)16-8-11-18(31-4)19(12-16)32-5/h6-12H,1-5H3. The summed E-state index contributed by atoms with van der Waals surface area (Å²) in [5.74, 6) is 1.93. The quantitative estimate of drug-likeness (QED) is 0.560. The van der Waals surface area contributed by atoms with E-state index in [-0.39, 0.29) is 11.8 Å². The maximum absolute atomic E-state index is 12.7. The fourth-order valence-electron chi connectivity index (χ4n) is 3.41. The number of imidazole rings is 1. The van der Waals surface area contributed by atoms with Crippen LogP contribution >= 0.6 is 11.8 Å². The van der Waals surface area contributed by atoms with E-state index in [0.29, 0.717) is 50.1 Å². The number of anilines is 1. The number of hydrogen-bond donors (Lipinski definition) is 0. The van der Waals surface area contributed by atoms with E-state index in [2.05, 4.69) is 10.1 Å². The highest BCUT2D eigenvalue weighted by Gasteiger charge is 2.33. The highest BCUT2D eigenvalue weighted by atomic mass is 32.2. The van der Waals surface area contributed by atoms with Crippen molar-refractivity contribution >= 4 is 34.4 Å². The highest BCUT2D eigenvalue weighted by molar-refractivity contribution is 8.14. The Labute approximate surface area is 195 Å². The Morgan fingerprint density at radius 2 is 1.52 bits per heavy atom. The second-order valence-corrected chi connectivity index (χ2v) is 8.03. The Morgan fingerprint density at radius 3 is 2.09 bits per heavy atom. The molecule has 0 atom stereocenters. The smallest absolute Gasteiger partial charge is 0.245 e. The number of aromatic nitrogens is 2. The molecule has 9 nitrogen and oxygen atoms in total. The second-order valence-electron chi connectivity index (χ2n) is 7.05. The van der Waals surface area contributed by atoms with Gasteiger partial charge in [0.05, 0.1) is 21.3 Å². The van der Waals surface area contributed by atoms with Gasteiger partial charge in [-0.25, -0.2) is 4.98 Å². The highest BCUT2D eigenvalue weighted by Crippen LogP contribution is 2.41. The zero-order valence-electron chi connectivity index (χ0n) is 18.8. The lowest BCUT2D eigenvalue weighted by Gasteiger charge is -2.22. The lowest BCUT2D eigenvalue weighted by molar-refractivity contribution is -0.116. The van der Waals surface area contributed by atoms with Crippen LogP contribution in [0.15, 0.2) is 52.6 Å².